The average Bonchev–Trinajstić information content (AvgIpc) is 3.15. The summed E-state index contributed by atoms with van der Waals surface area (Å²) >= 11 is 0. The van der Waals surface area contributed by atoms with Crippen molar-refractivity contribution in [3.8, 4) is 0 Å². The summed E-state index contributed by atoms with van der Waals surface area (Å²) in [5.74, 6) is -0.849. The van der Waals surface area contributed by atoms with E-state index in [1.807, 2.05) is 18.2 Å². The Labute approximate surface area is 211 Å². The Morgan fingerprint density at radius 2 is 1.39 bits per heavy atom. The molecule has 3 aromatic carbocycles. The molecule has 2 aliphatic heterocycles. The average molecular weight is 483 g/mol. The maximum atomic E-state index is 12.9. The van der Waals surface area contributed by atoms with Crippen LogP contribution in [0.2, 0.25) is 0 Å². The molecule has 1 N–H and O–H groups in total. The van der Waals surface area contributed by atoms with Crippen molar-refractivity contribution in [1.82, 2.24) is 14.7 Å². The second-order valence-corrected chi connectivity index (χ2v) is 9.30. The zero-order valence-electron chi connectivity index (χ0n) is 20.4. The molecular formula is C29H30N4O3. The Balaban J connectivity index is 1.19. The lowest BCUT2D eigenvalue weighted by atomic mass is 10.1. The molecule has 2 aliphatic rings. The van der Waals surface area contributed by atoms with Gasteiger partial charge in [-0.05, 0) is 54.1 Å². The summed E-state index contributed by atoms with van der Waals surface area (Å²) in [6, 6.07) is 21.8. The lowest BCUT2D eigenvalue weighted by Gasteiger charge is -2.34. The van der Waals surface area contributed by atoms with Gasteiger partial charge in [0, 0.05) is 44.0 Å². The topological polar surface area (TPSA) is 73.0 Å². The third-order valence-electron chi connectivity index (χ3n) is 6.94. The molecule has 0 saturated carbocycles. The summed E-state index contributed by atoms with van der Waals surface area (Å²) in [4.78, 5) is 44.4. The first-order chi connectivity index (χ1) is 17.5. The van der Waals surface area contributed by atoms with Crippen LogP contribution >= 0.6 is 0 Å². The number of carbonyl (C=O) groups excluding carboxylic acids is 3. The van der Waals surface area contributed by atoms with Gasteiger partial charge in [-0.2, -0.15) is 0 Å². The lowest BCUT2D eigenvalue weighted by Crippen LogP contribution is -2.45. The number of amides is 3. The predicted octanol–water partition coefficient (Wildman–Crippen LogP) is 3.87. The van der Waals surface area contributed by atoms with Crippen LogP contribution in [-0.2, 0) is 13.1 Å². The number of hydrogen-bond donors (Lipinski definition) is 1. The number of likely N-dealkylation sites (N-methyl/N-ethyl adjacent to an activating group) is 1. The minimum absolute atomic E-state index is 0.120. The molecule has 1 fully saturated rings. The quantitative estimate of drug-likeness (QED) is 0.518. The molecule has 0 atom stereocenters. The van der Waals surface area contributed by atoms with Gasteiger partial charge in [-0.3, -0.25) is 24.2 Å². The van der Waals surface area contributed by atoms with E-state index in [-0.39, 0.29) is 24.3 Å². The first kappa shape index (κ1) is 23.9. The Kier molecular flexibility index (Phi) is 6.93. The fraction of sp³-hybridized carbons (Fsp3) is 0.276. The number of nitrogens with one attached hydrogen (secondary N) is 1. The van der Waals surface area contributed by atoms with E-state index in [2.05, 4.69) is 34.2 Å². The van der Waals surface area contributed by atoms with E-state index in [1.54, 1.807) is 42.5 Å². The number of anilines is 1. The van der Waals surface area contributed by atoms with E-state index in [9.17, 15) is 14.4 Å². The molecule has 184 valence electrons. The fourth-order valence-electron chi connectivity index (χ4n) is 4.79. The molecule has 0 aromatic heterocycles. The van der Waals surface area contributed by atoms with Crippen LogP contribution in [0.3, 0.4) is 0 Å². The number of fused-ring (bicyclic) bond motifs is 1. The minimum atomic E-state index is -0.308. The van der Waals surface area contributed by atoms with Gasteiger partial charge in [0.2, 0.25) is 0 Å². The van der Waals surface area contributed by atoms with Crippen LogP contribution in [0.15, 0.2) is 72.8 Å². The van der Waals surface area contributed by atoms with Crippen LogP contribution in [0.25, 0.3) is 0 Å². The van der Waals surface area contributed by atoms with Crippen molar-refractivity contribution >= 4 is 23.4 Å². The van der Waals surface area contributed by atoms with Crippen LogP contribution in [0.1, 0.15) is 49.1 Å². The standard InChI is InChI=1S/C29H30N4O3/c1-2-31-14-16-32(17-15-31)19-21-10-12-24(13-11-21)30-27(34)23-7-5-6-22(18-23)20-33-28(35)25-8-3-4-9-26(25)29(33)36/h3-13,18H,2,14-17,19-20H2,1H3,(H,30,34). The van der Waals surface area contributed by atoms with Gasteiger partial charge in [0.15, 0.2) is 0 Å². The smallest absolute Gasteiger partial charge is 0.261 e. The van der Waals surface area contributed by atoms with E-state index in [0.717, 1.165) is 50.5 Å². The Hall–Kier alpha value is -3.81. The van der Waals surface area contributed by atoms with Crippen LogP contribution in [0, 0.1) is 0 Å². The highest BCUT2D eigenvalue weighted by Gasteiger charge is 2.35. The first-order valence-electron chi connectivity index (χ1n) is 12.4. The monoisotopic (exact) mass is 482 g/mol. The Bertz CT molecular complexity index is 1240. The molecule has 5 rings (SSSR count). The van der Waals surface area contributed by atoms with Crippen molar-refractivity contribution in [2.45, 2.75) is 20.0 Å². The fourth-order valence-corrected chi connectivity index (χ4v) is 4.79. The molecule has 2 heterocycles. The molecule has 7 heteroatoms. The Morgan fingerprint density at radius 1 is 0.750 bits per heavy atom. The largest absolute Gasteiger partial charge is 0.322 e. The molecule has 0 radical (unpaired) electrons. The van der Waals surface area contributed by atoms with Crippen LogP contribution < -0.4 is 5.32 Å². The molecule has 0 spiro atoms. The molecule has 0 bridgehead atoms. The summed E-state index contributed by atoms with van der Waals surface area (Å²) in [5.41, 5.74) is 3.98. The molecule has 0 aliphatic carbocycles. The molecule has 36 heavy (non-hydrogen) atoms. The van der Waals surface area contributed by atoms with E-state index < -0.39 is 0 Å². The minimum Gasteiger partial charge on any atom is -0.322 e. The van der Waals surface area contributed by atoms with E-state index in [1.165, 1.54) is 10.5 Å². The Morgan fingerprint density at radius 3 is 2.03 bits per heavy atom. The van der Waals surface area contributed by atoms with Gasteiger partial charge in [0.25, 0.3) is 17.7 Å². The van der Waals surface area contributed by atoms with Gasteiger partial charge in [0.1, 0.15) is 0 Å². The van der Waals surface area contributed by atoms with Crippen LogP contribution in [-0.4, -0.2) is 65.1 Å². The molecule has 7 nitrogen and oxygen atoms in total. The molecule has 3 amide bonds. The number of benzene rings is 3. The molecule has 1 saturated heterocycles. The van der Waals surface area contributed by atoms with E-state index in [4.69, 9.17) is 0 Å². The third kappa shape index (κ3) is 5.08. The number of imide groups is 1. The number of hydrogen-bond acceptors (Lipinski definition) is 5. The van der Waals surface area contributed by atoms with Crippen LogP contribution in [0.5, 0.6) is 0 Å². The normalized spacial score (nSPS) is 16.3. The van der Waals surface area contributed by atoms with Crippen LogP contribution in [0.4, 0.5) is 5.69 Å². The molecule has 3 aromatic rings. The predicted molar refractivity (Wildman–Crippen MR) is 139 cm³/mol. The van der Waals surface area contributed by atoms with Gasteiger partial charge in [-0.1, -0.05) is 43.3 Å². The second-order valence-electron chi connectivity index (χ2n) is 9.30. The summed E-state index contributed by atoms with van der Waals surface area (Å²) in [6.45, 7) is 8.70. The highest BCUT2D eigenvalue weighted by atomic mass is 16.2. The SMILES string of the molecule is CCN1CCN(Cc2ccc(NC(=O)c3cccc(CN4C(=O)c5ccccc5C4=O)c3)cc2)CC1. The molecule has 0 unspecified atom stereocenters. The summed E-state index contributed by atoms with van der Waals surface area (Å²) in [5, 5.41) is 2.95. The first-order valence-corrected chi connectivity index (χ1v) is 12.4. The highest BCUT2D eigenvalue weighted by Crippen LogP contribution is 2.24. The zero-order valence-corrected chi connectivity index (χ0v) is 20.4. The second kappa shape index (κ2) is 10.4. The zero-order chi connectivity index (χ0) is 25.1. The van der Waals surface area contributed by atoms with Crippen molar-refractivity contribution in [3.63, 3.8) is 0 Å². The van der Waals surface area contributed by atoms with Crippen molar-refractivity contribution in [1.29, 1.82) is 0 Å². The van der Waals surface area contributed by atoms with Gasteiger partial charge in [-0.25, -0.2) is 0 Å². The summed E-state index contributed by atoms with van der Waals surface area (Å²) < 4.78 is 0. The summed E-state index contributed by atoms with van der Waals surface area (Å²) in [7, 11) is 0. The van der Waals surface area contributed by atoms with E-state index in [0.29, 0.717) is 16.7 Å². The summed E-state index contributed by atoms with van der Waals surface area (Å²) in [6.07, 6.45) is 0. The number of nitrogens with zero attached hydrogens (tertiary/aromatic N) is 3. The maximum Gasteiger partial charge on any atom is 0.261 e. The number of piperazine rings is 1. The molecular weight excluding hydrogens is 452 g/mol. The maximum absolute atomic E-state index is 12.9. The number of carbonyl (C=O) groups is 3. The van der Waals surface area contributed by atoms with Crippen molar-refractivity contribution in [2.75, 3.05) is 38.0 Å². The van der Waals surface area contributed by atoms with Crippen molar-refractivity contribution in [2.24, 2.45) is 0 Å². The van der Waals surface area contributed by atoms with Gasteiger partial charge in [-0.15, -0.1) is 0 Å². The highest BCUT2D eigenvalue weighted by molar-refractivity contribution is 6.21. The lowest BCUT2D eigenvalue weighted by molar-refractivity contribution is 0.0642. The van der Waals surface area contributed by atoms with E-state index >= 15 is 0 Å². The number of rotatable bonds is 7. The van der Waals surface area contributed by atoms with Crippen molar-refractivity contribution < 1.29 is 14.4 Å². The van der Waals surface area contributed by atoms with Crippen molar-refractivity contribution in [3.05, 3.63) is 101 Å². The van der Waals surface area contributed by atoms with Gasteiger partial charge >= 0.3 is 0 Å². The third-order valence-corrected chi connectivity index (χ3v) is 6.94. The van der Waals surface area contributed by atoms with Gasteiger partial charge in [0.05, 0.1) is 17.7 Å². The van der Waals surface area contributed by atoms with Gasteiger partial charge < -0.3 is 10.2 Å².